The predicted octanol–water partition coefficient (Wildman–Crippen LogP) is 7.24. The summed E-state index contributed by atoms with van der Waals surface area (Å²) in [5.41, 5.74) is 2.93. The van der Waals surface area contributed by atoms with E-state index in [2.05, 4.69) is 83.2 Å². The van der Waals surface area contributed by atoms with Gasteiger partial charge in [0.1, 0.15) is 34.4 Å². The van der Waals surface area contributed by atoms with Crippen molar-refractivity contribution in [1.82, 2.24) is 25.0 Å². The van der Waals surface area contributed by atoms with Crippen LogP contribution in [0.2, 0.25) is 0 Å². The molecule has 1 unspecified atom stereocenters. The molecule has 0 bridgehead atoms. The third-order valence-electron chi connectivity index (χ3n) is 8.18. The fourth-order valence-corrected chi connectivity index (χ4v) is 6.85. The summed E-state index contributed by atoms with van der Waals surface area (Å²) in [5.74, 6) is 1.78. The standard InChI is InChI=1S/C28H37IN6OS/c1-4-17-34(20(3)5-2)25-18-23(22-19-31-35(26(22)32-25)24-11-16-30-33-24)27(36-29)12-14-28(37,15-13-27)21-9-7-6-8-10-21/h7,9-11,16,18-20,37H,4-6,8,12-15,17H2,1-3H3,(H,30,33). The fourth-order valence-electron chi connectivity index (χ4n) is 5.78. The zero-order valence-electron chi connectivity index (χ0n) is 22.0. The Morgan fingerprint density at radius 3 is 2.68 bits per heavy atom. The van der Waals surface area contributed by atoms with Gasteiger partial charge in [0, 0.05) is 34.3 Å². The minimum atomic E-state index is -0.434. The smallest absolute Gasteiger partial charge is 0.167 e. The highest BCUT2D eigenvalue weighted by Crippen LogP contribution is 2.52. The minimum Gasteiger partial charge on any atom is -0.354 e. The van der Waals surface area contributed by atoms with Crippen molar-refractivity contribution in [2.75, 3.05) is 11.4 Å². The number of anilines is 1. The summed E-state index contributed by atoms with van der Waals surface area (Å²) in [6, 6.07) is 4.57. The lowest BCUT2D eigenvalue weighted by Crippen LogP contribution is -2.40. The van der Waals surface area contributed by atoms with Gasteiger partial charge in [0.25, 0.3) is 0 Å². The van der Waals surface area contributed by atoms with Crippen molar-refractivity contribution in [3.63, 3.8) is 0 Å². The van der Waals surface area contributed by atoms with Crippen LogP contribution in [0.1, 0.15) is 77.7 Å². The highest BCUT2D eigenvalue weighted by Gasteiger charge is 2.45. The zero-order chi connectivity index (χ0) is 26.0. The number of fused-ring (bicyclic) bond motifs is 1. The topological polar surface area (TPSA) is 71.9 Å². The molecule has 0 aromatic carbocycles. The van der Waals surface area contributed by atoms with E-state index in [1.807, 2.05) is 16.9 Å². The minimum absolute atomic E-state index is 0.115. The van der Waals surface area contributed by atoms with Crippen molar-refractivity contribution in [2.24, 2.45) is 0 Å². The molecule has 1 N–H and O–H groups in total. The number of aromatic nitrogens is 5. The van der Waals surface area contributed by atoms with Crippen molar-refractivity contribution < 1.29 is 3.07 Å². The van der Waals surface area contributed by atoms with Gasteiger partial charge in [-0.15, -0.1) is 0 Å². The molecule has 9 heteroatoms. The van der Waals surface area contributed by atoms with E-state index in [0.29, 0.717) is 6.04 Å². The average molecular weight is 633 g/mol. The first-order chi connectivity index (χ1) is 17.9. The molecule has 0 amide bonds. The van der Waals surface area contributed by atoms with Gasteiger partial charge in [0.2, 0.25) is 0 Å². The molecule has 0 spiro atoms. The Balaban J connectivity index is 1.62. The number of hydrogen-bond donors (Lipinski definition) is 2. The summed E-state index contributed by atoms with van der Waals surface area (Å²) in [4.78, 5) is 7.62. The fraction of sp³-hybridized carbons (Fsp3) is 0.536. The number of aromatic amines is 1. The number of hydrogen-bond acceptors (Lipinski definition) is 6. The number of thiol groups is 1. The van der Waals surface area contributed by atoms with Crippen molar-refractivity contribution >= 4 is 52.5 Å². The number of nitrogens with zero attached hydrogens (tertiary/aromatic N) is 5. The molecule has 37 heavy (non-hydrogen) atoms. The van der Waals surface area contributed by atoms with Crippen molar-refractivity contribution in [3.05, 3.63) is 53.9 Å². The van der Waals surface area contributed by atoms with Crippen LogP contribution in [-0.4, -0.2) is 42.3 Å². The van der Waals surface area contributed by atoms with Gasteiger partial charge in [-0.2, -0.15) is 27.5 Å². The molecule has 5 rings (SSSR count). The van der Waals surface area contributed by atoms with Crippen LogP contribution >= 0.6 is 35.6 Å². The van der Waals surface area contributed by atoms with Crippen LogP contribution in [0.4, 0.5) is 5.82 Å². The Kier molecular flexibility index (Phi) is 8.02. The first-order valence-corrected chi connectivity index (χ1v) is 14.8. The molecular formula is C28H37IN6OS. The van der Waals surface area contributed by atoms with E-state index < -0.39 is 5.60 Å². The van der Waals surface area contributed by atoms with E-state index in [9.17, 15) is 0 Å². The van der Waals surface area contributed by atoms with Gasteiger partial charge in [-0.1, -0.05) is 32.1 Å². The summed E-state index contributed by atoms with van der Waals surface area (Å²) >= 11 is 7.35. The van der Waals surface area contributed by atoms with E-state index in [4.69, 9.17) is 25.8 Å². The molecule has 198 valence electrons. The quantitative estimate of drug-likeness (QED) is 0.192. The second-order valence-electron chi connectivity index (χ2n) is 10.5. The molecule has 2 aliphatic carbocycles. The molecule has 0 saturated heterocycles. The number of nitrogens with one attached hydrogen (secondary N) is 1. The molecule has 1 saturated carbocycles. The Hall–Kier alpha value is -1.85. The first-order valence-electron chi connectivity index (χ1n) is 13.5. The zero-order valence-corrected chi connectivity index (χ0v) is 25.0. The van der Waals surface area contributed by atoms with Crippen molar-refractivity contribution in [3.8, 4) is 5.82 Å². The second kappa shape index (κ2) is 11.1. The van der Waals surface area contributed by atoms with E-state index in [-0.39, 0.29) is 4.75 Å². The van der Waals surface area contributed by atoms with Crippen LogP contribution in [0.3, 0.4) is 0 Å². The van der Waals surface area contributed by atoms with Crippen LogP contribution in [0, 0.1) is 0 Å². The van der Waals surface area contributed by atoms with E-state index in [1.165, 1.54) is 11.1 Å². The van der Waals surface area contributed by atoms with Gasteiger partial charge in [-0.25, -0.2) is 4.98 Å². The van der Waals surface area contributed by atoms with Gasteiger partial charge in [0.15, 0.2) is 11.5 Å². The lowest BCUT2D eigenvalue weighted by molar-refractivity contribution is 0.0685. The van der Waals surface area contributed by atoms with Gasteiger partial charge in [0.05, 0.1) is 12.4 Å². The molecule has 2 aliphatic rings. The molecule has 1 atom stereocenters. The molecule has 0 aliphatic heterocycles. The number of allylic oxidation sites excluding steroid dienone is 3. The Morgan fingerprint density at radius 1 is 1.24 bits per heavy atom. The maximum Gasteiger partial charge on any atom is 0.167 e. The normalized spacial score (nSPS) is 24.8. The summed E-state index contributed by atoms with van der Waals surface area (Å²) in [7, 11) is 0. The van der Waals surface area contributed by atoms with Gasteiger partial charge < -0.3 is 7.97 Å². The van der Waals surface area contributed by atoms with E-state index in [1.54, 1.807) is 6.20 Å². The average Bonchev–Trinajstić information content (AvgIpc) is 3.62. The first kappa shape index (κ1) is 26.7. The monoisotopic (exact) mass is 632 g/mol. The third-order valence-corrected chi connectivity index (χ3v) is 9.73. The molecule has 3 aromatic rings. The van der Waals surface area contributed by atoms with Gasteiger partial charge >= 0.3 is 0 Å². The Morgan fingerprint density at radius 2 is 2.05 bits per heavy atom. The molecule has 7 nitrogen and oxygen atoms in total. The Labute approximate surface area is 239 Å². The number of halogens is 1. The predicted molar refractivity (Wildman–Crippen MR) is 162 cm³/mol. The highest BCUT2D eigenvalue weighted by molar-refractivity contribution is 14.1. The summed E-state index contributed by atoms with van der Waals surface area (Å²) in [5, 5.41) is 13.0. The van der Waals surface area contributed by atoms with Crippen LogP contribution in [-0.2, 0) is 8.67 Å². The third kappa shape index (κ3) is 4.98. The highest BCUT2D eigenvalue weighted by atomic mass is 127. The summed E-state index contributed by atoms with van der Waals surface area (Å²) in [6.07, 6.45) is 18.6. The lowest BCUT2D eigenvalue weighted by Gasteiger charge is -2.44. The number of pyridine rings is 1. The van der Waals surface area contributed by atoms with Crippen LogP contribution in [0.15, 0.2) is 48.3 Å². The maximum atomic E-state index is 6.43. The van der Waals surface area contributed by atoms with Crippen molar-refractivity contribution in [1.29, 1.82) is 0 Å². The number of H-pyrrole nitrogens is 1. The van der Waals surface area contributed by atoms with Gasteiger partial charge in [-0.3, -0.25) is 5.10 Å². The molecule has 1 fully saturated rings. The largest absolute Gasteiger partial charge is 0.354 e. The van der Waals surface area contributed by atoms with E-state index >= 15 is 0 Å². The Bertz CT molecular complexity index is 1280. The summed E-state index contributed by atoms with van der Waals surface area (Å²) < 4.78 is 8.18. The lowest BCUT2D eigenvalue weighted by atomic mass is 9.71. The maximum absolute atomic E-state index is 6.43. The second-order valence-corrected chi connectivity index (χ2v) is 11.8. The van der Waals surface area contributed by atoms with Crippen LogP contribution < -0.4 is 4.90 Å². The molecular weight excluding hydrogens is 595 g/mol. The van der Waals surface area contributed by atoms with Crippen LogP contribution in [0.5, 0.6) is 0 Å². The van der Waals surface area contributed by atoms with Crippen molar-refractivity contribution in [2.45, 2.75) is 88.5 Å². The summed E-state index contributed by atoms with van der Waals surface area (Å²) in [6.45, 7) is 7.68. The van der Waals surface area contributed by atoms with E-state index in [0.717, 1.165) is 80.6 Å². The molecule has 0 radical (unpaired) electrons. The van der Waals surface area contributed by atoms with Gasteiger partial charge in [-0.05, 0) is 69.9 Å². The molecule has 3 aromatic heterocycles. The SMILES string of the molecule is CCCN(c1cc(C2(OI)CCC(S)(C3=CCCC=C3)CC2)c2cnn(-c3ccn[nH]3)c2n1)C(C)CC. The number of rotatable bonds is 9. The van der Waals surface area contributed by atoms with Crippen LogP contribution in [0.25, 0.3) is 16.9 Å². The molecule has 3 heterocycles.